The molecule has 0 aliphatic carbocycles. The van der Waals surface area contributed by atoms with Crippen LogP contribution in [0.5, 0.6) is 0 Å². The molecule has 2 rings (SSSR count). The number of nitrogens with zero attached hydrogens (tertiary/aromatic N) is 4. The number of aromatic nitrogens is 4. The largest absolute Gasteiger partial charge is 0.320 e. The predicted octanol–water partition coefficient (Wildman–Crippen LogP) is 2.33. The SMILES string of the molecule is CNCCCc1nnc(-c2snnc2C(C)C)s1. The van der Waals surface area contributed by atoms with E-state index in [1.165, 1.54) is 11.5 Å². The molecule has 0 spiro atoms. The fourth-order valence-electron chi connectivity index (χ4n) is 1.59. The second-order valence-corrected chi connectivity index (χ2v) is 6.17. The quantitative estimate of drug-likeness (QED) is 0.824. The highest BCUT2D eigenvalue weighted by molar-refractivity contribution is 7.19. The van der Waals surface area contributed by atoms with Crippen molar-refractivity contribution in [2.45, 2.75) is 32.6 Å². The van der Waals surface area contributed by atoms with E-state index in [2.05, 4.69) is 38.9 Å². The summed E-state index contributed by atoms with van der Waals surface area (Å²) >= 11 is 3.06. The van der Waals surface area contributed by atoms with Crippen molar-refractivity contribution in [1.29, 1.82) is 0 Å². The van der Waals surface area contributed by atoms with E-state index in [1.807, 2.05) is 7.05 Å². The lowest BCUT2D eigenvalue weighted by molar-refractivity contribution is 0.718. The summed E-state index contributed by atoms with van der Waals surface area (Å²) in [6, 6.07) is 0. The van der Waals surface area contributed by atoms with Gasteiger partial charge >= 0.3 is 0 Å². The normalized spacial score (nSPS) is 11.3. The molecular formula is C11H17N5S2. The van der Waals surface area contributed by atoms with Crippen LogP contribution in [0.15, 0.2) is 0 Å². The molecule has 1 N–H and O–H groups in total. The molecule has 0 aromatic carbocycles. The van der Waals surface area contributed by atoms with Gasteiger partial charge < -0.3 is 5.32 Å². The van der Waals surface area contributed by atoms with Crippen molar-refractivity contribution in [3.8, 4) is 9.88 Å². The van der Waals surface area contributed by atoms with Crippen molar-refractivity contribution >= 4 is 22.9 Å². The fourth-order valence-corrected chi connectivity index (χ4v) is 3.35. The smallest absolute Gasteiger partial charge is 0.161 e. The highest BCUT2D eigenvalue weighted by atomic mass is 32.1. The molecular weight excluding hydrogens is 266 g/mol. The molecule has 2 aromatic rings. The summed E-state index contributed by atoms with van der Waals surface area (Å²) in [5.41, 5.74) is 1.03. The van der Waals surface area contributed by atoms with Gasteiger partial charge in [0.1, 0.15) is 9.88 Å². The van der Waals surface area contributed by atoms with E-state index in [-0.39, 0.29) is 0 Å². The van der Waals surface area contributed by atoms with Gasteiger partial charge in [0.15, 0.2) is 5.01 Å². The van der Waals surface area contributed by atoms with Gasteiger partial charge in [0.2, 0.25) is 0 Å². The Morgan fingerprint density at radius 1 is 1.22 bits per heavy atom. The van der Waals surface area contributed by atoms with Crippen molar-refractivity contribution in [2.24, 2.45) is 0 Å². The van der Waals surface area contributed by atoms with Gasteiger partial charge in [-0.1, -0.05) is 29.7 Å². The first-order chi connectivity index (χ1) is 8.72. The molecule has 0 aliphatic heterocycles. The lowest BCUT2D eigenvalue weighted by atomic mass is 10.1. The van der Waals surface area contributed by atoms with Crippen molar-refractivity contribution in [2.75, 3.05) is 13.6 Å². The summed E-state index contributed by atoms with van der Waals surface area (Å²) < 4.78 is 4.02. The van der Waals surface area contributed by atoms with Gasteiger partial charge in [0.05, 0.1) is 5.69 Å². The van der Waals surface area contributed by atoms with Crippen LogP contribution in [0.1, 0.15) is 36.9 Å². The van der Waals surface area contributed by atoms with Crippen LogP contribution in [0.25, 0.3) is 9.88 Å². The summed E-state index contributed by atoms with van der Waals surface area (Å²) in [6.45, 7) is 5.25. The maximum atomic E-state index is 4.26. The van der Waals surface area contributed by atoms with Crippen LogP contribution < -0.4 is 5.32 Å². The Bertz CT molecular complexity index is 491. The molecule has 0 unspecified atom stereocenters. The third-order valence-corrected chi connectivity index (χ3v) is 4.42. The zero-order chi connectivity index (χ0) is 13.0. The van der Waals surface area contributed by atoms with Gasteiger partial charge in [0.25, 0.3) is 0 Å². The fraction of sp³-hybridized carbons (Fsp3) is 0.636. The lowest BCUT2D eigenvalue weighted by Crippen LogP contribution is -2.08. The Morgan fingerprint density at radius 2 is 2.06 bits per heavy atom. The van der Waals surface area contributed by atoms with Gasteiger partial charge in [-0.15, -0.1) is 15.3 Å². The standard InChI is InChI=1S/C11H17N5S2/c1-7(2)9-10(18-16-14-9)11-15-13-8(17-11)5-4-6-12-3/h7,12H,4-6H2,1-3H3. The molecule has 0 saturated heterocycles. The number of nitrogens with one attached hydrogen (secondary N) is 1. The van der Waals surface area contributed by atoms with Crippen LogP contribution in [-0.2, 0) is 6.42 Å². The van der Waals surface area contributed by atoms with E-state index in [4.69, 9.17) is 0 Å². The van der Waals surface area contributed by atoms with Gasteiger partial charge in [-0.25, -0.2) is 0 Å². The van der Waals surface area contributed by atoms with Gasteiger partial charge in [-0.2, -0.15) is 0 Å². The second kappa shape index (κ2) is 6.31. The van der Waals surface area contributed by atoms with Crippen LogP contribution in [0.4, 0.5) is 0 Å². The van der Waals surface area contributed by atoms with E-state index >= 15 is 0 Å². The third-order valence-electron chi connectivity index (χ3n) is 2.54. The molecule has 2 heterocycles. The molecule has 98 valence electrons. The minimum absolute atomic E-state index is 0.371. The first-order valence-corrected chi connectivity index (χ1v) is 7.61. The summed E-state index contributed by atoms with van der Waals surface area (Å²) in [5, 5.41) is 17.8. The Hall–Kier alpha value is -0.920. The molecule has 7 heteroatoms. The molecule has 0 radical (unpaired) electrons. The number of rotatable bonds is 6. The molecule has 2 aromatic heterocycles. The minimum Gasteiger partial charge on any atom is -0.320 e. The highest BCUT2D eigenvalue weighted by Gasteiger charge is 2.17. The Balaban J connectivity index is 2.11. The van der Waals surface area contributed by atoms with E-state index in [0.717, 1.165) is 40.0 Å². The average molecular weight is 283 g/mol. The molecule has 0 aliphatic rings. The third kappa shape index (κ3) is 3.09. The van der Waals surface area contributed by atoms with Crippen molar-refractivity contribution in [3.63, 3.8) is 0 Å². The maximum absolute atomic E-state index is 4.26. The Kier molecular flexibility index (Phi) is 4.73. The van der Waals surface area contributed by atoms with Crippen LogP contribution in [0, 0.1) is 0 Å². The average Bonchev–Trinajstić information content (AvgIpc) is 2.96. The van der Waals surface area contributed by atoms with Crippen LogP contribution in [0.2, 0.25) is 0 Å². The predicted molar refractivity (Wildman–Crippen MR) is 75.1 cm³/mol. The minimum atomic E-state index is 0.371. The second-order valence-electron chi connectivity index (χ2n) is 4.35. The van der Waals surface area contributed by atoms with Crippen molar-refractivity contribution in [1.82, 2.24) is 25.1 Å². The van der Waals surface area contributed by atoms with E-state index in [0.29, 0.717) is 5.92 Å². The summed E-state index contributed by atoms with van der Waals surface area (Å²) in [4.78, 5) is 1.07. The van der Waals surface area contributed by atoms with Gasteiger partial charge in [0, 0.05) is 6.42 Å². The summed E-state index contributed by atoms with van der Waals surface area (Å²) in [6.07, 6.45) is 2.06. The molecule has 0 amide bonds. The van der Waals surface area contributed by atoms with Crippen molar-refractivity contribution < 1.29 is 0 Å². The van der Waals surface area contributed by atoms with E-state index in [9.17, 15) is 0 Å². The van der Waals surface area contributed by atoms with Crippen LogP contribution >= 0.6 is 22.9 Å². The topological polar surface area (TPSA) is 63.6 Å². The molecule has 0 bridgehead atoms. The first-order valence-electron chi connectivity index (χ1n) is 6.02. The maximum Gasteiger partial charge on any atom is 0.161 e. The molecule has 0 atom stereocenters. The van der Waals surface area contributed by atoms with Gasteiger partial charge in [-0.05, 0) is 37.5 Å². The first kappa shape index (κ1) is 13.5. The number of hydrogen-bond donors (Lipinski definition) is 1. The molecule has 5 nitrogen and oxygen atoms in total. The van der Waals surface area contributed by atoms with E-state index < -0.39 is 0 Å². The summed E-state index contributed by atoms with van der Waals surface area (Å²) in [7, 11) is 1.96. The highest BCUT2D eigenvalue weighted by Crippen LogP contribution is 2.32. The number of aryl methyl sites for hydroxylation is 1. The van der Waals surface area contributed by atoms with Gasteiger partial charge in [-0.3, -0.25) is 0 Å². The van der Waals surface area contributed by atoms with E-state index in [1.54, 1.807) is 11.3 Å². The summed E-state index contributed by atoms with van der Waals surface area (Å²) in [5.74, 6) is 0.371. The monoisotopic (exact) mass is 283 g/mol. The Morgan fingerprint density at radius 3 is 2.78 bits per heavy atom. The lowest BCUT2D eigenvalue weighted by Gasteiger charge is -1.99. The van der Waals surface area contributed by atoms with Crippen LogP contribution in [-0.4, -0.2) is 33.4 Å². The van der Waals surface area contributed by atoms with Crippen molar-refractivity contribution in [3.05, 3.63) is 10.7 Å². The molecule has 0 fully saturated rings. The molecule has 0 saturated carbocycles. The zero-order valence-electron chi connectivity index (χ0n) is 10.8. The van der Waals surface area contributed by atoms with Crippen LogP contribution in [0.3, 0.4) is 0 Å². The zero-order valence-corrected chi connectivity index (χ0v) is 12.4. The Labute approximate surface area is 115 Å². The number of hydrogen-bond acceptors (Lipinski definition) is 7. The molecule has 18 heavy (non-hydrogen) atoms.